The number of carboxylic acids is 1. The van der Waals surface area contributed by atoms with E-state index in [0.29, 0.717) is 88.9 Å². The van der Waals surface area contributed by atoms with Crippen LogP contribution in [0.25, 0.3) is 0 Å². The summed E-state index contributed by atoms with van der Waals surface area (Å²) in [5.41, 5.74) is 1.34. The lowest BCUT2D eigenvalue weighted by molar-refractivity contribution is -0.344. The molecule has 0 aromatic carbocycles. The third kappa shape index (κ3) is 8.19. The number of nitrogens with one attached hydrogen (secondary N) is 6. The van der Waals surface area contributed by atoms with Crippen LogP contribution in [0.1, 0.15) is 110 Å². The Balaban J connectivity index is 1.08. The highest BCUT2D eigenvalue weighted by Crippen LogP contribution is 2.80. The Morgan fingerprint density at radius 1 is 0.929 bits per heavy atom. The van der Waals surface area contributed by atoms with Crippen molar-refractivity contribution < 1.29 is 65.0 Å². The van der Waals surface area contributed by atoms with Gasteiger partial charge in [0, 0.05) is 61.9 Å². The van der Waals surface area contributed by atoms with Crippen molar-refractivity contribution in [1.29, 1.82) is 0 Å². The molecule has 2 aromatic rings. The van der Waals surface area contributed by atoms with Gasteiger partial charge in [0.1, 0.15) is 30.4 Å². The molecule has 7 aliphatic carbocycles. The summed E-state index contributed by atoms with van der Waals surface area (Å²) in [6, 6.07) is -0.852. The van der Waals surface area contributed by atoms with Gasteiger partial charge in [0.15, 0.2) is 6.29 Å². The average molecular weight is 1170 g/mol. The van der Waals surface area contributed by atoms with E-state index in [-0.39, 0.29) is 43.4 Å². The predicted octanol–water partition coefficient (Wildman–Crippen LogP) is 1.27. The standard InChI is InChI=1S/C62H95N9O13/c1-55(27-72)17-18-61(54(81)82)35(22-55)33-9-10-40-57(3,59(33,5)34-21-37-51(70-30-68-37)67-24-36(34)61)15-12-39-56(2,28-73)49(84-52-46(77)44(75)38(74)26-83-52)45(76)42(58(39,40)4)31-11-16-62(41-25-66-29-69-41,48(78)32(50(63)79)23-65-20-19-64-6)47-43(31)60(53(80)71-47)13-7-8-14-60/h9,11,16,25,29-32,34-36,38-40,42-50,52,64-65,67,72-79H,7-8,10,12-15,17-24,26-28,63H2,1-6H3,(H,66,69)(H,68,70)(H,71,80)(H,81,82)/t31-,32-,34-,35-,36-,38+,39+,40-,42+,43-,44-,45+,46+,47+,48-,49+,50-,52-,55-,56-,57+,58-,59-,61+,62+/m0/s1. The van der Waals surface area contributed by atoms with Gasteiger partial charge in [0.2, 0.25) is 5.91 Å². The van der Waals surface area contributed by atoms with E-state index in [2.05, 4.69) is 76.1 Å². The summed E-state index contributed by atoms with van der Waals surface area (Å²) >= 11 is 0. The second-order valence-electron chi connectivity index (χ2n) is 29.2. The molecule has 12 rings (SSSR count). The van der Waals surface area contributed by atoms with Crippen LogP contribution in [-0.2, 0) is 30.9 Å². The summed E-state index contributed by atoms with van der Waals surface area (Å²) < 4.78 is 12.9. The van der Waals surface area contributed by atoms with Crippen molar-refractivity contribution in [2.75, 3.05) is 58.4 Å². The number of allylic oxidation sites excluding steroid dienone is 3. The van der Waals surface area contributed by atoms with Gasteiger partial charge in [-0.05, 0) is 128 Å². The van der Waals surface area contributed by atoms with Gasteiger partial charge >= 0.3 is 5.97 Å². The number of likely N-dealkylation sites (N-methyl/N-ethyl adjacent to an activating group) is 1. The number of fused-ring (bicyclic) bond motifs is 13. The zero-order valence-corrected chi connectivity index (χ0v) is 49.7. The van der Waals surface area contributed by atoms with E-state index in [1.54, 1.807) is 12.5 Å². The molecular formula is C62H95N9O13. The van der Waals surface area contributed by atoms with Crippen LogP contribution in [0.2, 0.25) is 0 Å². The third-order valence-electron chi connectivity index (χ3n) is 26.0. The minimum atomic E-state index is -1.71. The van der Waals surface area contributed by atoms with Crippen LogP contribution in [0.3, 0.4) is 0 Å². The van der Waals surface area contributed by atoms with Crippen molar-refractivity contribution in [3.05, 3.63) is 54.0 Å². The second kappa shape index (κ2) is 21.4. The number of carboxylic acid groups (broad SMARTS) is 1. The van der Waals surface area contributed by atoms with E-state index in [1.807, 2.05) is 20.0 Å². The van der Waals surface area contributed by atoms with Crippen LogP contribution >= 0.6 is 0 Å². The molecule has 0 bridgehead atoms. The normalized spacial score (nSPS) is 47.4. The fourth-order valence-electron chi connectivity index (χ4n) is 21.7. The Morgan fingerprint density at radius 3 is 2.37 bits per heavy atom. The topological polar surface area (TPSA) is 366 Å². The number of amides is 1. The summed E-state index contributed by atoms with van der Waals surface area (Å²) in [4.78, 5) is 46.1. The van der Waals surface area contributed by atoms with Gasteiger partial charge in [-0.25, -0.2) is 9.97 Å². The third-order valence-corrected chi connectivity index (χ3v) is 26.0. The molecule has 466 valence electrons. The molecule has 2 aromatic heterocycles. The SMILES string of the molecule is CNCCNC[C@H]([C@@H](N)O)[C@H](O)[C@@]1(c2cnc[nH]2)C=C[C@@H]([C@@H]2[C@@H](O)[C@@H](O[C@@H]3OC[C@@H](O)[C@H](O)[C@H]3O)[C@@](C)(CO)[C@H]3CC[C@]4(C)[C@H](CC=C5[C@@H]6C[C@@](C)(CO)CC[C@]6(C(=O)O)[C@H]6CNc7nc[nH]c7C[C@@H]6[C@]54C)[C@@]23C)[C@H]2[C@H]1NC(=O)C21CCCC1. The fourth-order valence-corrected chi connectivity index (χ4v) is 21.7. The number of anilines is 1. The maximum Gasteiger partial charge on any atom is 0.310 e. The van der Waals surface area contributed by atoms with Crippen molar-refractivity contribution in [3.8, 4) is 0 Å². The van der Waals surface area contributed by atoms with E-state index in [1.165, 1.54) is 6.33 Å². The molecule has 7 fully saturated rings. The number of aliphatic hydroxyl groups is 8. The number of hydrogen-bond acceptors (Lipinski definition) is 18. The van der Waals surface area contributed by atoms with Crippen LogP contribution in [0.4, 0.5) is 5.82 Å². The number of aromatic amines is 2. The van der Waals surface area contributed by atoms with Gasteiger partial charge in [0.25, 0.3) is 0 Å². The van der Waals surface area contributed by atoms with Crippen molar-refractivity contribution >= 4 is 17.7 Å². The molecule has 2 saturated heterocycles. The number of nitrogens with two attached hydrogens (primary N) is 1. The largest absolute Gasteiger partial charge is 0.481 e. The van der Waals surface area contributed by atoms with Gasteiger partial charge in [-0.1, -0.05) is 71.3 Å². The first-order valence-electron chi connectivity index (χ1n) is 31.3. The van der Waals surface area contributed by atoms with Gasteiger partial charge in [0.05, 0.1) is 72.2 Å². The smallest absolute Gasteiger partial charge is 0.310 e. The zero-order chi connectivity index (χ0) is 59.9. The summed E-state index contributed by atoms with van der Waals surface area (Å²) in [7, 11) is 1.83. The first kappa shape index (κ1) is 60.4. The number of aromatic nitrogens is 4. The molecule has 17 N–H and O–H groups in total. The van der Waals surface area contributed by atoms with E-state index in [4.69, 9.17) is 20.2 Å². The van der Waals surface area contributed by atoms with E-state index < -0.39 is 147 Å². The molecule has 25 atom stereocenters. The van der Waals surface area contributed by atoms with Crippen molar-refractivity contribution in [1.82, 2.24) is 35.9 Å². The Hall–Kier alpha value is -3.88. The molecule has 10 aliphatic rings. The molecule has 3 aliphatic heterocycles. The lowest BCUT2D eigenvalue weighted by Gasteiger charge is -2.76. The number of carbonyl (C=O) groups is 2. The highest BCUT2D eigenvalue weighted by atomic mass is 16.7. The molecule has 1 spiro atoms. The predicted molar refractivity (Wildman–Crippen MR) is 307 cm³/mol. The Kier molecular flexibility index (Phi) is 15.4. The van der Waals surface area contributed by atoms with E-state index in [0.717, 1.165) is 24.1 Å². The molecule has 5 heterocycles. The number of rotatable bonds is 15. The summed E-state index contributed by atoms with van der Waals surface area (Å²) in [6.45, 7) is 11.8. The average Bonchev–Trinajstić information content (AvgIpc) is 0.959. The van der Waals surface area contributed by atoms with Gasteiger partial charge in [-0.2, -0.15) is 0 Å². The number of carbonyl (C=O) groups excluding carboxylic acids is 1. The summed E-state index contributed by atoms with van der Waals surface area (Å²) in [5, 5.41) is 121. The molecule has 0 radical (unpaired) electrons. The summed E-state index contributed by atoms with van der Waals surface area (Å²) in [5.74, 6) is -5.01. The molecule has 22 heteroatoms. The molecule has 84 heavy (non-hydrogen) atoms. The number of nitrogens with zero attached hydrogens (tertiary/aromatic N) is 2. The molecule has 22 nitrogen and oxygen atoms in total. The number of ether oxygens (including phenoxy) is 2. The van der Waals surface area contributed by atoms with Crippen LogP contribution in [-0.4, -0.2) is 186 Å². The fraction of sp³-hybridized carbons (Fsp3) is 0.806. The van der Waals surface area contributed by atoms with E-state index in [9.17, 15) is 50.8 Å². The van der Waals surface area contributed by atoms with Crippen LogP contribution in [0.15, 0.2) is 42.7 Å². The lowest BCUT2D eigenvalue weighted by atomic mass is 9.28. The minimum absolute atomic E-state index is 0.0791. The Labute approximate surface area is 492 Å². The van der Waals surface area contributed by atoms with Crippen molar-refractivity contribution in [3.63, 3.8) is 0 Å². The minimum Gasteiger partial charge on any atom is -0.481 e. The highest BCUT2D eigenvalue weighted by molar-refractivity contribution is 5.87. The lowest BCUT2D eigenvalue weighted by Crippen LogP contribution is -2.75. The first-order chi connectivity index (χ1) is 39.9. The maximum atomic E-state index is 15.6. The number of hydrogen-bond donors (Lipinski definition) is 16. The number of aliphatic carboxylic acids is 1. The molecule has 1 amide bonds. The number of imidazole rings is 2. The molecular weight excluding hydrogens is 1080 g/mol. The first-order valence-corrected chi connectivity index (χ1v) is 31.3. The quantitative estimate of drug-likeness (QED) is 0.0517. The maximum absolute atomic E-state index is 15.6. The van der Waals surface area contributed by atoms with Crippen molar-refractivity contribution in [2.24, 2.45) is 96.9 Å². The Bertz CT molecular complexity index is 2830. The zero-order valence-electron chi connectivity index (χ0n) is 49.7. The molecule has 0 unspecified atom stereocenters. The summed E-state index contributed by atoms with van der Waals surface area (Å²) in [6.07, 6.45) is 5.61. The number of aliphatic hydroxyl groups excluding tert-OH is 8. The molecule has 5 saturated carbocycles. The van der Waals surface area contributed by atoms with Crippen LogP contribution < -0.4 is 27.0 Å². The van der Waals surface area contributed by atoms with Crippen LogP contribution in [0, 0.1) is 91.2 Å². The van der Waals surface area contributed by atoms with Gasteiger partial charge in [-0.15, -0.1) is 0 Å². The van der Waals surface area contributed by atoms with Crippen molar-refractivity contribution in [2.45, 2.75) is 166 Å². The van der Waals surface area contributed by atoms with Gasteiger partial charge < -0.3 is 92.4 Å². The Morgan fingerprint density at radius 2 is 1.69 bits per heavy atom. The highest BCUT2D eigenvalue weighted by Gasteiger charge is 2.79. The second-order valence-corrected chi connectivity index (χ2v) is 29.2. The van der Waals surface area contributed by atoms with E-state index >= 15 is 4.79 Å². The monoisotopic (exact) mass is 1170 g/mol. The number of H-pyrrole nitrogens is 2. The van der Waals surface area contributed by atoms with Gasteiger partial charge in [-0.3, -0.25) is 9.59 Å². The van der Waals surface area contributed by atoms with Crippen LogP contribution in [0.5, 0.6) is 0 Å².